The molecule has 0 bridgehead atoms. The van der Waals surface area contributed by atoms with Gasteiger partial charge < -0.3 is 5.32 Å². The van der Waals surface area contributed by atoms with Gasteiger partial charge in [-0.15, -0.1) is 10.2 Å². The number of hydrogen-bond acceptors (Lipinski definition) is 5. The average Bonchev–Trinajstić information content (AvgIpc) is 3.46. The summed E-state index contributed by atoms with van der Waals surface area (Å²) in [6.07, 6.45) is 6.50. The minimum absolute atomic E-state index is 0.0113. The molecule has 28 heavy (non-hydrogen) atoms. The second-order valence-electron chi connectivity index (χ2n) is 6.66. The third-order valence-corrected chi connectivity index (χ3v) is 5.65. The minimum atomic E-state index is -0.0113. The minimum Gasteiger partial charge on any atom is -0.355 e. The first-order valence-corrected chi connectivity index (χ1v) is 10.6. The molecular weight excluding hydrogens is 394 g/mol. The zero-order valence-corrected chi connectivity index (χ0v) is 16.8. The summed E-state index contributed by atoms with van der Waals surface area (Å²) in [4.78, 5) is 16.3. The van der Waals surface area contributed by atoms with E-state index >= 15 is 0 Å². The molecule has 1 amide bonds. The molecule has 0 atom stereocenters. The Bertz CT molecular complexity index is 958. The molecule has 144 valence electrons. The van der Waals surface area contributed by atoms with Gasteiger partial charge in [-0.25, -0.2) is 0 Å². The van der Waals surface area contributed by atoms with Crippen LogP contribution in [0.25, 0.3) is 11.4 Å². The summed E-state index contributed by atoms with van der Waals surface area (Å²) in [6, 6.07) is 12.0. The van der Waals surface area contributed by atoms with Crippen molar-refractivity contribution in [2.75, 3.05) is 12.3 Å². The fraction of sp³-hybridized carbons (Fsp3) is 0.300. The molecule has 0 spiro atoms. The van der Waals surface area contributed by atoms with Gasteiger partial charge in [0, 0.05) is 35.6 Å². The van der Waals surface area contributed by atoms with Gasteiger partial charge >= 0.3 is 0 Å². The molecule has 1 aromatic carbocycles. The highest BCUT2D eigenvalue weighted by Gasteiger charge is 2.30. The summed E-state index contributed by atoms with van der Waals surface area (Å²) in [5.74, 6) is 1.15. The van der Waals surface area contributed by atoms with Gasteiger partial charge in [-0.3, -0.25) is 14.3 Å². The number of thioether (sulfide) groups is 1. The maximum Gasteiger partial charge on any atom is 0.230 e. The first kappa shape index (κ1) is 19.0. The Morgan fingerprint density at radius 1 is 1.21 bits per heavy atom. The lowest BCUT2D eigenvalue weighted by Gasteiger charge is -2.09. The van der Waals surface area contributed by atoms with E-state index in [2.05, 4.69) is 25.1 Å². The Balaban J connectivity index is 1.33. The number of nitrogens with one attached hydrogen (secondary N) is 1. The number of hydrogen-bond donors (Lipinski definition) is 1. The molecule has 6 nitrogen and oxygen atoms in total. The molecule has 1 aliphatic carbocycles. The van der Waals surface area contributed by atoms with Gasteiger partial charge in [0.05, 0.1) is 5.75 Å². The molecule has 1 saturated carbocycles. The standard InChI is InChI=1S/C20H20ClN5OS/c21-16-3-1-2-14(12-16)6-11-23-18(27)13-28-20-25-24-19(26(20)17-4-5-17)15-7-9-22-10-8-15/h1-3,7-10,12,17H,4-6,11,13H2,(H,23,27). The van der Waals surface area contributed by atoms with E-state index in [-0.39, 0.29) is 5.91 Å². The summed E-state index contributed by atoms with van der Waals surface area (Å²) in [5, 5.41) is 13.1. The lowest BCUT2D eigenvalue weighted by Crippen LogP contribution is -2.27. The van der Waals surface area contributed by atoms with Gasteiger partial charge in [-0.05, 0) is 49.1 Å². The first-order valence-electron chi connectivity index (χ1n) is 9.20. The van der Waals surface area contributed by atoms with Crippen molar-refractivity contribution in [2.24, 2.45) is 0 Å². The van der Waals surface area contributed by atoms with Crippen LogP contribution in [0.3, 0.4) is 0 Å². The molecular formula is C20H20ClN5OS. The Kier molecular flexibility index (Phi) is 5.92. The Morgan fingerprint density at radius 3 is 2.79 bits per heavy atom. The van der Waals surface area contributed by atoms with Crippen molar-refractivity contribution >= 4 is 29.3 Å². The highest BCUT2D eigenvalue weighted by atomic mass is 35.5. The second kappa shape index (κ2) is 8.75. The van der Waals surface area contributed by atoms with Crippen molar-refractivity contribution in [3.8, 4) is 11.4 Å². The third kappa shape index (κ3) is 4.72. The number of carbonyl (C=O) groups is 1. The van der Waals surface area contributed by atoms with Crippen molar-refractivity contribution in [1.82, 2.24) is 25.1 Å². The first-order chi connectivity index (χ1) is 13.7. The maximum atomic E-state index is 12.2. The van der Waals surface area contributed by atoms with E-state index in [0.29, 0.717) is 23.4 Å². The Labute approximate surface area is 172 Å². The van der Waals surface area contributed by atoms with Crippen molar-refractivity contribution in [3.05, 3.63) is 59.4 Å². The van der Waals surface area contributed by atoms with Crippen molar-refractivity contribution in [2.45, 2.75) is 30.5 Å². The maximum absolute atomic E-state index is 12.2. The van der Waals surface area contributed by atoms with Gasteiger partial charge in [0.1, 0.15) is 0 Å². The highest BCUT2D eigenvalue weighted by Crippen LogP contribution is 2.40. The summed E-state index contributed by atoms with van der Waals surface area (Å²) >= 11 is 7.41. The van der Waals surface area contributed by atoms with Crippen LogP contribution in [0.1, 0.15) is 24.4 Å². The molecule has 0 unspecified atom stereocenters. The van der Waals surface area contributed by atoms with Crippen LogP contribution in [0.4, 0.5) is 0 Å². The van der Waals surface area contributed by atoms with Crippen LogP contribution in [0.15, 0.2) is 53.9 Å². The summed E-state index contributed by atoms with van der Waals surface area (Å²) in [7, 11) is 0. The molecule has 1 N–H and O–H groups in total. The third-order valence-electron chi connectivity index (χ3n) is 4.47. The quantitative estimate of drug-likeness (QED) is 0.569. The lowest BCUT2D eigenvalue weighted by atomic mass is 10.1. The molecule has 1 fully saturated rings. The molecule has 4 rings (SSSR count). The summed E-state index contributed by atoms with van der Waals surface area (Å²) in [6.45, 7) is 0.581. The summed E-state index contributed by atoms with van der Waals surface area (Å²) < 4.78 is 2.15. The molecule has 8 heteroatoms. The van der Waals surface area contributed by atoms with E-state index in [1.54, 1.807) is 12.4 Å². The van der Waals surface area contributed by atoms with Crippen LogP contribution in [-0.4, -0.2) is 38.0 Å². The number of aromatic nitrogens is 4. The number of pyridine rings is 1. The fourth-order valence-electron chi connectivity index (χ4n) is 2.96. The van der Waals surface area contributed by atoms with Crippen LogP contribution in [0, 0.1) is 0 Å². The summed E-state index contributed by atoms with van der Waals surface area (Å²) in [5.41, 5.74) is 2.10. The molecule has 1 aliphatic rings. The number of nitrogens with zero attached hydrogens (tertiary/aromatic N) is 4. The van der Waals surface area contributed by atoms with Gasteiger partial charge in [-0.1, -0.05) is 35.5 Å². The van der Waals surface area contributed by atoms with E-state index in [4.69, 9.17) is 11.6 Å². The predicted octanol–water partition coefficient (Wildman–Crippen LogP) is 3.78. The van der Waals surface area contributed by atoms with Crippen molar-refractivity contribution in [1.29, 1.82) is 0 Å². The van der Waals surface area contributed by atoms with Crippen LogP contribution in [0.5, 0.6) is 0 Å². The predicted molar refractivity (Wildman–Crippen MR) is 110 cm³/mol. The van der Waals surface area contributed by atoms with Gasteiger partial charge in [-0.2, -0.15) is 0 Å². The molecule has 0 saturated heterocycles. The van der Waals surface area contributed by atoms with E-state index in [0.717, 1.165) is 41.4 Å². The van der Waals surface area contributed by atoms with E-state index in [1.165, 1.54) is 11.8 Å². The largest absolute Gasteiger partial charge is 0.355 e. The normalized spacial score (nSPS) is 13.5. The van der Waals surface area contributed by atoms with E-state index < -0.39 is 0 Å². The van der Waals surface area contributed by atoms with Crippen LogP contribution in [-0.2, 0) is 11.2 Å². The zero-order chi connectivity index (χ0) is 19.3. The SMILES string of the molecule is O=C(CSc1nnc(-c2ccncc2)n1C1CC1)NCCc1cccc(Cl)c1. The molecule has 3 aromatic rings. The molecule has 0 radical (unpaired) electrons. The molecule has 0 aliphatic heterocycles. The van der Waals surface area contributed by atoms with Crippen LogP contribution in [0.2, 0.25) is 5.02 Å². The molecule has 2 aromatic heterocycles. The lowest BCUT2D eigenvalue weighted by molar-refractivity contribution is -0.118. The van der Waals surface area contributed by atoms with Gasteiger partial charge in [0.25, 0.3) is 0 Å². The number of amides is 1. The number of carbonyl (C=O) groups excluding carboxylic acids is 1. The number of rotatable bonds is 8. The van der Waals surface area contributed by atoms with Gasteiger partial charge in [0.15, 0.2) is 11.0 Å². The average molecular weight is 414 g/mol. The highest BCUT2D eigenvalue weighted by molar-refractivity contribution is 7.99. The Hall–Kier alpha value is -2.38. The van der Waals surface area contributed by atoms with Crippen molar-refractivity contribution < 1.29 is 4.79 Å². The topological polar surface area (TPSA) is 72.7 Å². The van der Waals surface area contributed by atoms with Crippen molar-refractivity contribution in [3.63, 3.8) is 0 Å². The smallest absolute Gasteiger partial charge is 0.230 e. The Morgan fingerprint density at radius 2 is 2.04 bits per heavy atom. The number of benzene rings is 1. The molecule has 2 heterocycles. The monoisotopic (exact) mass is 413 g/mol. The van der Waals surface area contributed by atoms with E-state index in [1.807, 2.05) is 36.4 Å². The second-order valence-corrected chi connectivity index (χ2v) is 8.04. The van der Waals surface area contributed by atoms with E-state index in [9.17, 15) is 4.79 Å². The van der Waals surface area contributed by atoms with Gasteiger partial charge in [0.2, 0.25) is 5.91 Å². The number of halogens is 1. The fourth-order valence-corrected chi connectivity index (χ4v) is 4.00. The van der Waals surface area contributed by atoms with Crippen LogP contribution < -0.4 is 5.32 Å². The van der Waals surface area contributed by atoms with Crippen LogP contribution >= 0.6 is 23.4 Å². The zero-order valence-electron chi connectivity index (χ0n) is 15.2.